The molecular formula is C30H28N8O5S. The minimum atomic E-state index is -0.436. The Morgan fingerprint density at radius 1 is 1.11 bits per heavy atom. The molecule has 1 aliphatic rings. The second-order valence-corrected chi connectivity index (χ2v) is 11.4. The molecule has 1 aliphatic heterocycles. The van der Waals surface area contributed by atoms with Crippen LogP contribution in [0.3, 0.4) is 0 Å². The Kier molecular flexibility index (Phi) is 7.84. The average Bonchev–Trinajstić information content (AvgIpc) is 3.39. The van der Waals surface area contributed by atoms with Crippen LogP contribution in [0.2, 0.25) is 0 Å². The Balaban J connectivity index is 1.35. The monoisotopic (exact) mass is 612 g/mol. The van der Waals surface area contributed by atoms with Crippen molar-refractivity contribution in [3.63, 3.8) is 0 Å². The first-order valence-corrected chi connectivity index (χ1v) is 14.8. The molecule has 0 spiro atoms. The SMILES string of the molecule is CCc1c(C)sc2c(=O)n(-c3nccc(-c4cc(Nc5ccc(C(=O)N6CCOCC6)cn5)c(=O)n(C)n4)c3C=O)ncc12. The normalized spacial score (nSPS) is 13.3. The van der Waals surface area contributed by atoms with E-state index in [1.54, 1.807) is 29.3 Å². The van der Waals surface area contributed by atoms with E-state index in [-0.39, 0.29) is 34.2 Å². The minimum Gasteiger partial charge on any atom is -0.378 e. The number of thiophene rings is 1. The van der Waals surface area contributed by atoms with Crippen molar-refractivity contribution in [1.29, 1.82) is 0 Å². The van der Waals surface area contributed by atoms with E-state index >= 15 is 0 Å². The lowest BCUT2D eigenvalue weighted by Crippen LogP contribution is -2.40. The summed E-state index contributed by atoms with van der Waals surface area (Å²) in [5.41, 5.74) is 1.56. The smallest absolute Gasteiger partial charge is 0.290 e. The van der Waals surface area contributed by atoms with Gasteiger partial charge in [-0.2, -0.15) is 14.9 Å². The fourth-order valence-corrected chi connectivity index (χ4v) is 6.37. The highest BCUT2D eigenvalue weighted by Gasteiger charge is 2.21. The van der Waals surface area contributed by atoms with Gasteiger partial charge in [0, 0.05) is 48.4 Å². The molecule has 1 saturated heterocycles. The Morgan fingerprint density at radius 3 is 2.61 bits per heavy atom. The molecule has 0 bridgehead atoms. The van der Waals surface area contributed by atoms with Crippen molar-refractivity contribution in [1.82, 2.24) is 34.4 Å². The van der Waals surface area contributed by atoms with Crippen LogP contribution < -0.4 is 16.4 Å². The molecule has 6 rings (SSSR count). The van der Waals surface area contributed by atoms with E-state index in [4.69, 9.17) is 4.74 Å². The number of fused-ring (bicyclic) bond motifs is 1. The maximum atomic E-state index is 13.5. The van der Waals surface area contributed by atoms with Gasteiger partial charge in [0.1, 0.15) is 16.2 Å². The minimum absolute atomic E-state index is 0.0563. The number of ether oxygens (including phenoxy) is 1. The number of amides is 1. The van der Waals surface area contributed by atoms with Crippen molar-refractivity contribution >= 4 is 45.1 Å². The van der Waals surface area contributed by atoms with Crippen molar-refractivity contribution in [2.24, 2.45) is 7.05 Å². The summed E-state index contributed by atoms with van der Waals surface area (Å²) < 4.78 is 8.11. The number of pyridine rings is 2. The van der Waals surface area contributed by atoms with Gasteiger partial charge in [-0.1, -0.05) is 6.92 Å². The number of carbonyl (C=O) groups excluding carboxylic acids is 2. The molecule has 5 aromatic rings. The van der Waals surface area contributed by atoms with Crippen LogP contribution in [0.4, 0.5) is 11.5 Å². The van der Waals surface area contributed by atoms with Crippen LogP contribution in [0.15, 0.2) is 52.4 Å². The van der Waals surface area contributed by atoms with Gasteiger partial charge >= 0.3 is 0 Å². The zero-order valence-electron chi connectivity index (χ0n) is 24.2. The fraction of sp³-hybridized carbons (Fsp3) is 0.267. The van der Waals surface area contributed by atoms with E-state index in [1.807, 2.05) is 13.8 Å². The molecule has 13 nitrogen and oxygen atoms in total. The molecule has 1 amide bonds. The largest absolute Gasteiger partial charge is 0.378 e. The summed E-state index contributed by atoms with van der Waals surface area (Å²) in [6.45, 7) is 6.01. The second-order valence-electron chi connectivity index (χ2n) is 10.1. The van der Waals surface area contributed by atoms with E-state index in [1.165, 1.54) is 36.8 Å². The third kappa shape index (κ3) is 5.18. The molecule has 0 radical (unpaired) electrons. The van der Waals surface area contributed by atoms with Crippen LogP contribution in [0, 0.1) is 6.92 Å². The third-order valence-electron chi connectivity index (χ3n) is 7.49. The number of aromatic nitrogens is 6. The Morgan fingerprint density at radius 2 is 1.91 bits per heavy atom. The summed E-state index contributed by atoms with van der Waals surface area (Å²) in [5.74, 6) is 0.253. The summed E-state index contributed by atoms with van der Waals surface area (Å²) in [7, 11) is 1.49. The second kappa shape index (κ2) is 11.9. The number of nitrogens with zero attached hydrogens (tertiary/aromatic N) is 7. The van der Waals surface area contributed by atoms with Crippen LogP contribution in [-0.4, -0.2) is 72.9 Å². The molecule has 6 heterocycles. The lowest BCUT2D eigenvalue weighted by Gasteiger charge is -2.26. The lowest BCUT2D eigenvalue weighted by atomic mass is 10.1. The van der Waals surface area contributed by atoms with Crippen LogP contribution in [-0.2, 0) is 18.2 Å². The van der Waals surface area contributed by atoms with Crippen LogP contribution in [0.1, 0.15) is 38.1 Å². The molecule has 1 fully saturated rings. The maximum Gasteiger partial charge on any atom is 0.290 e. The Hall–Kier alpha value is -5.08. The molecule has 1 N–H and O–H groups in total. The number of morpholine rings is 1. The molecule has 44 heavy (non-hydrogen) atoms. The number of carbonyl (C=O) groups is 2. The van der Waals surface area contributed by atoms with E-state index in [9.17, 15) is 19.2 Å². The molecule has 0 aliphatic carbocycles. The van der Waals surface area contributed by atoms with Gasteiger partial charge in [-0.3, -0.25) is 19.2 Å². The Bertz CT molecular complexity index is 2030. The van der Waals surface area contributed by atoms with Crippen LogP contribution >= 0.6 is 11.3 Å². The summed E-state index contributed by atoms with van der Waals surface area (Å²) in [6.07, 6.45) is 5.90. The number of rotatable bonds is 7. The van der Waals surface area contributed by atoms with Gasteiger partial charge in [0.15, 0.2) is 12.1 Å². The predicted octanol–water partition coefficient (Wildman–Crippen LogP) is 2.90. The summed E-state index contributed by atoms with van der Waals surface area (Å²) >= 11 is 1.39. The molecule has 0 unspecified atom stereocenters. The van der Waals surface area contributed by atoms with Gasteiger partial charge in [-0.05, 0) is 43.2 Å². The highest BCUT2D eigenvalue weighted by molar-refractivity contribution is 7.19. The molecule has 0 atom stereocenters. The third-order valence-corrected chi connectivity index (χ3v) is 8.64. The van der Waals surface area contributed by atoms with Crippen molar-refractivity contribution in [3.8, 4) is 17.1 Å². The number of aryl methyl sites for hydroxylation is 3. The van der Waals surface area contributed by atoms with E-state index in [2.05, 4.69) is 25.5 Å². The number of hydrogen-bond acceptors (Lipinski definition) is 11. The number of aldehydes is 1. The molecule has 0 saturated carbocycles. The van der Waals surface area contributed by atoms with Crippen molar-refractivity contribution in [2.75, 3.05) is 31.6 Å². The summed E-state index contributed by atoms with van der Waals surface area (Å²) in [6, 6.07) is 6.33. The molecule has 14 heteroatoms. The van der Waals surface area contributed by atoms with E-state index < -0.39 is 5.56 Å². The number of hydrogen-bond donors (Lipinski definition) is 1. The number of anilines is 2. The van der Waals surface area contributed by atoms with Crippen molar-refractivity contribution in [3.05, 3.63) is 85.1 Å². The standard InChI is InChI=1S/C30H28N8O5S/c1-4-19-17(2)44-26-21(19)15-33-38(30(26)42)27-22(16-39)20(7-8-31-27)23-13-24(29(41)36(3)35-23)34-25-6-5-18(14-32-25)28(40)37-9-11-43-12-10-37/h5-8,13-16H,4,9-12H2,1-3H3,(H,32,34). The topological polar surface area (TPSA) is 154 Å². The molecule has 5 aromatic heterocycles. The first-order chi connectivity index (χ1) is 21.3. The van der Waals surface area contributed by atoms with Crippen LogP contribution in [0.25, 0.3) is 27.2 Å². The first kappa shape index (κ1) is 29.0. The Labute approximate surface area is 254 Å². The average molecular weight is 613 g/mol. The zero-order chi connectivity index (χ0) is 31.0. The van der Waals surface area contributed by atoms with Crippen molar-refractivity contribution in [2.45, 2.75) is 20.3 Å². The molecule has 224 valence electrons. The van der Waals surface area contributed by atoms with Gasteiger partial charge in [0.2, 0.25) is 0 Å². The summed E-state index contributed by atoms with van der Waals surface area (Å²) in [4.78, 5) is 63.1. The quantitative estimate of drug-likeness (QED) is 0.271. The van der Waals surface area contributed by atoms with Gasteiger partial charge in [-0.15, -0.1) is 11.3 Å². The lowest BCUT2D eigenvalue weighted by molar-refractivity contribution is 0.0302. The predicted molar refractivity (Wildman–Crippen MR) is 165 cm³/mol. The fourth-order valence-electron chi connectivity index (χ4n) is 5.23. The van der Waals surface area contributed by atoms with Gasteiger partial charge in [0.25, 0.3) is 17.0 Å². The number of nitrogens with one attached hydrogen (secondary N) is 1. The molecular weight excluding hydrogens is 584 g/mol. The van der Waals surface area contributed by atoms with Gasteiger partial charge in [0.05, 0.1) is 36.2 Å². The highest BCUT2D eigenvalue weighted by atomic mass is 32.1. The van der Waals surface area contributed by atoms with Gasteiger partial charge < -0.3 is 15.0 Å². The molecule has 0 aromatic carbocycles. The van der Waals surface area contributed by atoms with Crippen LogP contribution in [0.5, 0.6) is 0 Å². The summed E-state index contributed by atoms with van der Waals surface area (Å²) in [5, 5.41) is 12.5. The zero-order valence-corrected chi connectivity index (χ0v) is 25.1. The van der Waals surface area contributed by atoms with Gasteiger partial charge in [-0.25, -0.2) is 14.6 Å². The highest BCUT2D eigenvalue weighted by Crippen LogP contribution is 2.29. The van der Waals surface area contributed by atoms with E-state index in [0.29, 0.717) is 54.2 Å². The first-order valence-electron chi connectivity index (χ1n) is 13.9. The maximum absolute atomic E-state index is 13.5. The van der Waals surface area contributed by atoms with Crippen molar-refractivity contribution < 1.29 is 14.3 Å². The van der Waals surface area contributed by atoms with E-state index in [0.717, 1.165) is 31.6 Å².